The lowest BCUT2D eigenvalue weighted by Crippen LogP contribution is -2.47. The third-order valence-corrected chi connectivity index (χ3v) is 17.8. The summed E-state index contributed by atoms with van der Waals surface area (Å²) in [7, 11) is 3.57. The Labute approximate surface area is 391 Å². The highest BCUT2D eigenvalue weighted by atomic mass is 33.1. The van der Waals surface area contributed by atoms with E-state index in [0.717, 1.165) is 95.4 Å². The van der Waals surface area contributed by atoms with Crippen LogP contribution in [0.4, 0.5) is 0 Å². The molecule has 0 saturated heterocycles. The number of hydrogen-bond donors (Lipinski definition) is 5. The van der Waals surface area contributed by atoms with Crippen LogP contribution in [0.3, 0.4) is 0 Å². The van der Waals surface area contributed by atoms with Gasteiger partial charge in [0.15, 0.2) is 17.7 Å². The van der Waals surface area contributed by atoms with E-state index in [9.17, 15) is 20.1 Å². The van der Waals surface area contributed by atoms with E-state index >= 15 is 0 Å². The number of Topliss-reactive ketones (excluding diaryl/α,β-unsaturated/α-hetero) is 1. The lowest BCUT2D eigenvalue weighted by molar-refractivity contribution is -0.129. The second-order valence-corrected chi connectivity index (χ2v) is 22.1. The topological polar surface area (TPSA) is 150 Å². The number of ether oxygens (including phenoxy) is 2. The van der Waals surface area contributed by atoms with Crippen LogP contribution in [0, 0.1) is 53.0 Å². The molecule has 2 aliphatic carbocycles. The molecule has 6 N–H and O–H groups in total. The normalized spacial score (nSPS) is 30.1. The van der Waals surface area contributed by atoms with Crippen molar-refractivity contribution in [1.82, 2.24) is 10.2 Å². The summed E-state index contributed by atoms with van der Waals surface area (Å²) in [5, 5.41) is 38.7. The van der Waals surface area contributed by atoms with Crippen LogP contribution in [-0.4, -0.2) is 69.0 Å². The van der Waals surface area contributed by atoms with Crippen LogP contribution in [0.1, 0.15) is 130 Å². The Morgan fingerprint density at radius 2 is 1.94 bits per heavy atom. The van der Waals surface area contributed by atoms with E-state index in [1.807, 2.05) is 24.4 Å². The summed E-state index contributed by atoms with van der Waals surface area (Å²) >= 11 is 0. The van der Waals surface area contributed by atoms with Gasteiger partial charge in [0.2, 0.25) is 0 Å². The Balaban J connectivity index is 1.08. The minimum absolute atomic E-state index is 0.0166. The molecule has 7 heterocycles. The SMILES string of the molecule is CCCCCC(C(=O)CCc1ccc2c3c1CSSCC1CNC(N)c4ccc5c(c41)CC1=CN=C4CN(C=C14)C(O3)C(C#CC5O)C1(C#CO2)CCCC1)C(O)C1C=CC(C)CC1O. The number of aryl methyl sites for hydroxylation is 1. The van der Waals surface area contributed by atoms with E-state index in [4.69, 9.17) is 20.2 Å². The molecule has 7 aliphatic heterocycles. The van der Waals surface area contributed by atoms with Gasteiger partial charge in [-0.1, -0.05) is 116 Å². The van der Waals surface area contributed by atoms with E-state index in [2.05, 4.69) is 72.3 Å². The lowest BCUT2D eigenvalue weighted by atomic mass is 9.73. The van der Waals surface area contributed by atoms with Crippen molar-refractivity contribution in [2.24, 2.45) is 39.8 Å². The molecule has 10 nitrogen and oxygen atoms in total. The van der Waals surface area contributed by atoms with Crippen LogP contribution in [-0.2, 0) is 23.4 Å². The maximum Gasteiger partial charge on any atom is 0.187 e. The number of aliphatic imine (C=N–C) groups is 1. The minimum Gasteiger partial charge on any atom is -0.465 e. The molecule has 12 heteroatoms. The van der Waals surface area contributed by atoms with Crippen molar-refractivity contribution < 1.29 is 29.6 Å². The van der Waals surface area contributed by atoms with Gasteiger partial charge in [-0.05, 0) is 77.5 Å². The van der Waals surface area contributed by atoms with Crippen LogP contribution >= 0.6 is 21.6 Å². The van der Waals surface area contributed by atoms with Gasteiger partial charge >= 0.3 is 0 Å². The second kappa shape index (κ2) is 19.0. The largest absolute Gasteiger partial charge is 0.465 e. The zero-order chi connectivity index (χ0) is 44.8. The van der Waals surface area contributed by atoms with Crippen LogP contribution in [0.2, 0.25) is 0 Å². The third kappa shape index (κ3) is 8.63. The number of allylic oxidation sites excluding steroid dienone is 2. The van der Waals surface area contributed by atoms with Crippen molar-refractivity contribution in [2.75, 3.05) is 18.8 Å². The standard InChI is InChI=1S/C53H62N4O6S2/c1-3-4-5-8-36(49(61)37-12-9-31(2)23-46(37)60)45(59)16-10-32-11-18-47-50-41(32)30-65-64-29-34-26-56-51(54)38-14-13-35-39(48(34)38)24-33-25-55-43-28-57(27-40(33)43)52(63-50)42(15-17-44(35)58)53(21-22-62-47)19-6-7-20-53/h9,11-14,18,25,27,31,34,36-37,42,44,46,49,51-52,56,58,60-61H,3-8,10,16,19-20,23-24,26,28-30,54H2,1-2H3. The molecule has 10 unspecified atom stereocenters. The molecule has 65 heavy (non-hydrogen) atoms. The van der Waals surface area contributed by atoms with E-state index in [1.54, 1.807) is 21.6 Å². The molecule has 1 spiro atoms. The van der Waals surface area contributed by atoms with Crippen LogP contribution in [0.15, 0.2) is 65.0 Å². The predicted molar refractivity (Wildman–Crippen MR) is 258 cm³/mol. The van der Waals surface area contributed by atoms with Crippen LogP contribution < -0.4 is 20.5 Å². The maximum absolute atomic E-state index is 14.5. The Hall–Kier alpha value is -3.98. The van der Waals surface area contributed by atoms with Gasteiger partial charge in [-0.2, -0.15) is 0 Å². The second-order valence-electron chi connectivity index (χ2n) is 19.6. The first-order valence-corrected chi connectivity index (χ1v) is 26.5. The average Bonchev–Trinajstić information content (AvgIpc) is 4.05. The summed E-state index contributed by atoms with van der Waals surface area (Å²) in [5.41, 5.74) is 15.5. The molecule has 0 amide bonds. The zero-order valence-electron chi connectivity index (χ0n) is 37.6. The van der Waals surface area contributed by atoms with Crippen LogP contribution in [0.25, 0.3) is 0 Å². The number of benzene rings is 2. The molecule has 10 atom stereocenters. The van der Waals surface area contributed by atoms with Crippen molar-refractivity contribution in [3.63, 3.8) is 0 Å². The van der Waals surface area contributed by atoms with Gasteiger partial charge in [0.25, 0.3) is 0 Å². The predicted octanol–water partition coefficient (Wildman–Crippen LogP) is 7.92. The fourth-order valence-corrected chi connectivity index (χ4v) is 14.2. The van der Waals surface area contributed by atoms with Crippen LogP contribution in [0.5, 0.6) is 11.5 Å². The molecule has 0 aromatic heterocycles. The molecule has 8 bridgehead atoms. The van der Waals surface area contributed by atoms with Crippen molar-refractivity contribution in [3.05, 3.63) is 93.3 Å². The number of ketones is 1. The van der Waals surface area contributed by atoms with Gasteiger partial charge in [-0.25, -0.2) is 0 Å². The Kier molecular flexibility index (Phi) is 13.1. The number of aliphatic hydroxyl groups is 3. The number of unbranched alkanes of at least 4 members (excludes halogenated alkanes) is 2. The average molecular weight is 915 g/mol. The maximum atomic E-state index is 14.5. The number of nitrogens with two attached hydrogens (primary N) is 1. The molecule has 2 aromatic rings. The van der Waals surface area contributed by atoms with Crippen molar-refractivity contribution in [1.29, 1.82) is 0 Å². The van der Waals surface area contributed by atoms with Crippen molar-refractivity contribution >= 4 is 33.1 Å². The number of carbonyl (C=O) groups excluding carboxylic acids is 1. The first kappa shape index (κ1) is 44.8. The summed E-state index contributed by atoms with van der Waals surface area (Å²) in [6.45, 7) is 5.44. The highest BCUT2D eigenvalue weighted by molar-refractivity contribution is 8.76. The third-order valence-electron chi connectivity index (χ3n) is 15.4. The number of aliphatic hydroxyl groups excluding tert-OH is 3. The monoisotopic (exact) mass is 914 g/mol. The Morgan fingerprint density at radius 3 is 2.77 bits per heavy atom. The molecular formula is C53H62N4O6S2. The summed E-state index contributed by atoms with van der Waals surface area (Å²) in [6, 6.07) is 8.10. The molecule has 342 valence electrons. The number of hydrogen-bond acceptors (Lipinski definition) is 12. The fourth-order valence-electron chi connectivity index (χ4n) is 11.8. The smallest absolute Gasteiger partial charge is 0.187 e. The summed E-state index contributed by atoms with van der Waals surface area (Å²) in [4.78, 5) is 21.7. The van der Waals surface area contributed by atoms with E-state index < -0.39 is 47.7 Å². The number of nitrogens with zero attached hydrogens (tertiary/aromatic N) is 2. The molecular weight excluding hydrogens is 853 g/mol. The van der Waals surface area contributed by atoms with Crippen molar-refractivity contribution in [3.8, 4) is 35.4 Å². The van der Waals surface area contributed by atoms with Gasteiger partial charge in [-0.15, -0.1) is 0 Å². The Bertz CT molecular complexity index is 2450. The van der Waals surface area contributed by atoms with Gasteiger partial charge in [0.05, 0.1) is 42.0 Å². The minimum atomic E-state index is -1.05. The van der Waals surface area contributed by atoms with Gasteiger partial charge in [0.1, 0.15) is 18.0 Å². The van der Waals surface area contributed by atoms with E-state index in [1.165, 1.54) is 5.56 Å². The summed E-state index contributed by atoms with van der Waals surface area (Å²) in [5.74, 6) is 12.1. The molecule has 0 radical (unpaired) electrons. The molecule has 2 aromatic carbocycles. The van der Waals surface area contributed by atoms with E-state index in [-0.39, 0.29) is 30.2 Å². The molecule has 1 fully saturated rings. The highest BCUT2D eigenvalue weighted by Gasteiger charge is 2.49. The molecule has 11 rings (SSSR count). The first-order valence-electron chi connectivity index (χ1n) is 24.0. The van der Waals surface area contributed by atoms with Crippen molar-refractivity contribution in [2.45, 2.75) is 133 Å². The fraction of sp³-hybridized carbons (Fsp3) is 0.547. The molecule has 9 aliphatic rings. The lowest BCUT2D eigenvalue weighted by Gasteiger charge is -2.39. The molecule has 1 saturated carbocycles. The first-order chi connectivity index (χ1) is 31.6. The summed E-state index contributed by atoms with van der Waals surface area (Å²) < 4.78 is 14.0. The van der Waals surface area contributed by atoms with Gasteiger partial charge in [0, 0.05) is 72.2 Å². The number of rotatable bonds is 10. The quantitative estimate of drug-likeness (QED) is 0.0685. The van der Waals surface area contributed by atoms with E-state index in [0.29, 0.717) is 56.0 Å². The Morgan fingerprint density at radius 1 is 1.09 bits per heavy atom. The number of fused-ring (bicyclic) bond motifs is 4. The van der Waals surface area contributed by atoms with Gasteiger partial charge in [-0.3, -0.25) is 15.1 Å². The number of nitrogens with one attached hydrogen (secondary N) is 1. The van der Waals surface area contributed by atoms with Gasteiger partial charge < -0.3 is 35.4 Å². The highest BCUT2D eigenvalue weighted by Crippen LogP contribution is 2.51. The summed E-state index contributed by atoms with van der Waals surface area (Å²) in [6.07, 6.45) is 16.7. The zero-order valence-corrected chi connectivity index (χ0v) is 39.2. The number of carbonyl (C=O) groups is 1.